The number of benzene rings is 1. The number of carbonyl (C=O) groups excluding carboxylic acids is 1. The van der Waals surface area contributed by atoms with E-state index >= 15 is 0 Å². The average molecular weight is 463 g/mol. The number of carboxylic acid groups (broad SMARTS) is 1. The van der Waals surface area contributed by atoms with Crippen LogP contribution in [0.3, 0.4) is 0 Å². The molecule has 1 aromatic carbocycles. The van der Waals surface area contributed by atoms with Crippen LogP contribution in [0.5, 0.6) is 0 Å². The van der Waals surface area contributed by atoms with E-state index in [0.717, 1.165) is 36.9 Å². The summed E-state index contributed by atoms with van der Waals surface area (Å²) in [6.07, 6.45) is 1.49. The summed E-state index contributed by atoms with van der Waals surface area (Å²) in [6.45, 7) is 4.31. The first-order chi connectivity index (χ1) is 14.9. The maximum Gasteiger partial charge on any atom is 0.355 e. The van der Waals surface area contributed by atoms with Gasteiger partial charge < -0.3 is 14.9 Å². The zero-order valence-corrected chi connectivity index (χ0v) is 19.7. The van der Waals surface area contributed by atoms with Crippen LogP contribution in [0.25, 0.3) is 0 Å². The second-order valence-corrected chi connectivity index (χ2v) is 10.2. The molecule has 9 heteroatoms. The number of thiazole rings is 1. The fourth-order valence-corrected chi connectivity index (χ4v) is 5.47. The van der Waals surface area contributed by atoms with Crippen molar-refractivity contribution in [2.24, 2.45) is 0 Å². The van der Waals surface area contributed by atoms with Crippen molar-refractivity contribution in [3.05, 3.63) is 47.0 Å². The lowest BCUT2D eigenvalue weighted by atomic mass is 10.1. The third kappa shape index (κ3) is 7.31. The minimum Gasteiger partial charge on any atom is -0.476 e. The van der Waals surface area contributed by atoms with Crippen molar-refractivity contribution in [3.8, 4) is 0 Å². The first-order valence-electron chi connectivity index (χ1n) is 10.4. The van der Waals surface area contributed by atoms with Gasteiger partial charge in [0, 0.05) is 56.3 Å². The molecule has 1 N–H and O–H groups in total. The van der Waals surface area contributed by atoms with Crippen molar-refractivity contribution in [3.63, 3.8) is 0 Å². The molecule has 2 heterocycles. The Morgan fingerprint density at radius 2 is 2.06 bits per heavy atom. The van der Waals surface area contributed by atoms with E-state index in [1.165, 1.54) is 28.7 Å². The van der Waals surface area contributed by atoms with E-state index in [-0.39, 0.29) is 17.6 Å². The molecule has 1 saturated heterocycles. The number of carboxylic acids is 1. The number of carbonyl (C=O) groups is 2. The van der Waals surface area contributed by atoms with E-state index in [1.807, 2.05) is 11.0 Å². The summed E-state index contributed by atoms with van der Waals surface area (Å²) in [5.74, 6) is -0.0806. The molecule has 1 atom stereocenters. The number of likely N-dealkylation sites (N-methyl/N-ethyl adjacent to an activating group) is 1. The van der Waals surface area contributed by atoms with Gasteiger partial charge in [-0.2, -0.15) is 0 Å². The zero-order valence-electron chi connectivity index (χ0n) is 18.1. The number of hydrogen-bond donors (Lipinski definition) is 1. The van der Waals surface area contributed by atoms with Crippen LogP contribution >= 0.6 is 23.1 Å². The molecular formula is C22H30N4O3S2. The summed E-state index contributed by atoms with van der Waals surface area (Å²) in [5.41, 5.74) is 1.37. The molecule has 1 aliphatic heterocycles. The average Bonchev–Trinajstić information content (AvgIpc) is 3.35. The highest BCUT2D eigenvalue weighted by Gasteiger charge is 2.31. The van der Waals surface area contributed by atoms with Gasteiger partial charge in [0.05, 0.1) is 0 Å². The van der Waals surface area contributed by atoms with Gasteiger partial charge in [-0.3, -0.25) is 9.69 Å². The molecule has 31 heavy (non-hydrogen) atoms. The largest absolute Gasteiger partial charge is 0.476 e. The van der Waals surface area contributed by atoms with Crippen LogP contribution in [-0.2, 0) is 11.3 Å². The summed E-state index contributed by atoms with van der Waals surface area (Å²) in [5, 5.41) is 10.6. The van der Waals surface area contributed by atoms with E-state index in [0.29, 0.717) is 18.7 Å². The molecule has 2 aromatic rings. The maximum atomic E-state index is 12.5. The third-order valence-corrected chi connectivity index (χ3v) is 7.30. The van der Waals surface area contributed by atoms with Crippen molar-refractivity contribution >= 4 is 35.0 Å². The summed E-state index contributed by atoms with van der Waals surface area (Å²) in [6, 6.07) is 10.7. The highest BCUT2D eigenvalue weighted by molar-refractivity contribution is 8.01. The molecule has 0 aliphatic carbocycles. The Balaban J connectivity index is 1.57. The van der Waals surface area contributed by atoms with Crippen molar-refractivity contribution in [2.75, 3.05) is 46.0 Å². The second kappa shape index (κ2) is 11.6. The number of likely N-dealkylation sites (tertiary alicyclic amines) is 1. The summed E-state index contributed by atoms with van der Waals surface area (Å²) >= 11 is 2.85. The molecule has 0 saturated carbocycles. The van der Waals surface area contributed by atoms with Gasteiger partial charge in [0.15, 0.2) is 10.0 Å². The summed E-state index contributed by atoms with van der Waals surface area (Å²) < 4.78 is 0.734. The molecule has 168 valence electrons. The second-order valence-electron chi connectivity index (χ2n) is 7.96. The molecule has 0 radical (unpaired) electrons. The van der Waals surface area contributed by atoms with Crippen LogP contribution < -0.4 is 0 Å². The molecule has 1 fully saturated rings. The predicted molar refractivity (Wildman–Crippen MR) is 125 cm³/mol. The lowest BCUT2D eigenvalue weighted by Gasteiger charge is -2.31. The number of hydrogen-bond acceptors (Lipinski definition) is 7. The highest BCUT2D eigenvalue weighted by Crippen LogP contribution is 2.25. The fraction of sp³-hybridized carbons (Fsp3) is 0.500. The molecule has 1 aliphatic rings. The molecule has 1 amide bonds. The van der Waals surface area contributed by atoms with Gasteiger partial charge in [-0.25, -0.2) is 9.78 Å². The van der Waals surface area contributed by atoms with Gasteiger partial charge in [0.1, 0.15) is 0 Å². The number of rotatable bonds is 12. The van der Waals surface area contributed by atoms with E-state index in [9.17, 15) is 9.59 Å². The number of aromatic carboxylic acids is 1. The van der Waals surface area contributed by atoms with Crippen LogP contribution in [0.1, 0.15) is 28.9 Å². The highest BCUT2D eigenvalue weighted by atomic mass is 32.2. The first kappa shape index (κ1) is 23.7. The van der Waals surface area contributed by atoms with Crippen LogP contribution in [0, 0.1) is 0 Å². The molecule has 3 rings (SSSR count). The monoisotopic (exact) mass is 462 g/mol. The first-order valence-corrected chi connectivity index (χ1v) is 12.3. The standard InChI is InChI=1S/C22H30N4O3S2/c1-24(2)10-11-25(14-17-6-4-3-5-7-17)15-18-8-9-20(27)26(18)12-13-30-22-23-19(16-31-22)21(28)29/h3-7,16,18H,8-15H2,1-2H3,(H,28,29). The number of amides is 1. The smallest absolute Gasteiger partial charge is 0.355 e. The normalized spacial score (nSPS) is 16.6. The Morgan fingerprint density at radius 3 is 2.74 bits per heavy atom. The molecule has 7 nitrogen and oxygen atoms in total. The number of nitrogens with zero attached hydrogens (tertiary/aromatic N) is 4. The van der Waals surface area contributed by atoms with E-state index in [4.69, 9.17) is 5.11 Å². The Bertz CT molecular complexity index is 859. The molecule has 1 aromatic heterocycles. The fourth-order valence-electron chi connectivity index (χ4n) is 3.66. The zero-order chi connectivity index (χ0) is 22.2. The van der Waals surface area contributed by atoms with Crippen LogP contribution in [0.2, 0.25) is 0 Å². The van der Waals surface area contributed by atoms with Crippen LogP contribution in [0.4, 0.5) is 0 Å². The number of thioether (sulfide) groups is 1. The molecule has 0 bridgehead atoms. The van der Waals surface area contributed by atoms with Crippen molar-refractivity contribution < 1.29 is 14.7 Å². The van der Waals surface area contributed by atoms with Gasteiger partial charge in [0.25, 0.3) is 0 Å². The topological polar surface area (TPSA) is 77.0 Å². The minimum atomic E-state index is -1.01. The number of aromatic nitrogens is 1. The predicted octanol–water partition coefficient (Wildman–Crippen LogP) is 2.99. The lowest BCUT2D eigenvalue weighted by Crippen LogP contribution is -2.44. The van der Waals surface area contributed by atoms with Gasteiger partial charge >= 0.3 is 5.97 Å². The van der Waals surface area contributed by atoms with E-state index < -0.39 is 5.97 Å². The van der Waals surface area contributed by atoms with E-state index in [2.05, 4.69) is 53.1 Å². The van der Waals surface area contributed by atoms with Crippen molar-refractivity contribution in [1.82, 2.24) is 19.7 Å². The Hall–Kier alpha value is -1.94. The third-order valence-electron chi connectivity index (χ3n) is 5.29. The van der Waals surface area contributed by atoms with Crippen molar-refractivity contribution in [1.29, 1.82) is 0 Å². The van der Waals surface area contributed by atoms with Crippen LogP contribution in [-0.4, -0.2) is 88.7 Å². The van der Waals surface area contributed by atoms with Crippen LogP contribution in [0.15, 0.2) is 40.1 Å². The van der Waals surface area contributed by atoms with Gasteiger partial charge in [-0.15, -0.1) is 11.3 Å². The minimum absolute atomic E-state index is 0.0834. The molecule has 1 unspecified atom stereocenters. The quantitative estimate of drug-likeness (QED) is 0.486. The molecular weight excluding hydrogens is 432 g/mol. The summed E-state index contributed by atoms with van der Waals surface area (Å²) in [7, 11) is 4.16. The SMILES string of the molecule is CN(C)CCN(Cc1ccccc1)CC1CCC(=O)N1CCSc1nc(C(=O)O)cs1. The lowest BCUT2D eigenvalue weighted by molar-refractivity contribution is -0.128. The molecule has 0 spiro atoms. The Kier molecular flexibility index (Phi) is 8.89. The van der Waals surface area contributed by atoms with Gasteiger partial charge in [0.2, 0.25) is 5.91 Å². The van der Waals surface area contributed by atoms with E-state index in [1.54, 1.807) is 5.38 Å². The maximum absolute atomic E-state index is 12.5. The summed E-state index contributed by atoms with van der Waals surface area (Å²) in [4.78, 5) is 34.3. The van der Waals surface area contributed by atoms with Crippen molar-refractivity contribution in [2.45, 2.75) is 29.8 Å². The van der Waals surface area contributed by atoms with Gasteiger partial charge in [-0.1, -0.05) is 42.1 Å². The van der Waals surface area contributed by atoms with Gasteiger partial charge in [-0.05, 0) is 26.1 Å². The Labute approximate surface area is 192 Å². The Morgan fingerprint density at radius 1 is 1.29 bits per heavy atom.